The fourth-order valence-corrected chi connectivity index (χ4v) is 3.15. The van der Waals surface area contributed by atoms with Crippen molar-refractivity contribution < 1.29 is 4.39 Å². The number of nitrogens with one attached hydrogen (secondary N) is 1. The monoisotopic (exact) mass is 269 g/mol. The van der Waals surface area contributed by atoms with Gasteiger partial charge in [-0.05, 0) is 37.4 Å². The largest absolute Gasteiger partial charge is 0.307 e. The molecule has 1 nitrogen and oxygen atoms in total. The number of benzene rings is 1. The summed E-state index contributed by atoms with van der Waals surface area (Å²) in [7, 11) is 0. The summed E-state index contributed by atoms with van der Waals surface area (Å²) >= 11 is 5.85. The van der Waals surface area contributed by atoms with E-state index < -0.39 is 0 Å². The Kier molecular flexibility index (Phi) is 4.29. The predicted octanol–water partition coefficient (Wildman–Crippen LogP) is 4.49. The first kappa shape index (κ1) is 13.8. The van der Waals surface area contributed by atoms with E-state index in [4.69, 9.17) is 11.6 Å². The van der Waals surface area contributed by atoms with Gasteiger partial charge in [0.05, 0.1) is 0 Å². The van der Waals surface area contributed by atoms with Gasteiger partial charge < -0.3 is 5.32 Å². The predicted molar refractivity (Wildman–Crippen MR) is 74.4 cm³/mol. The molecule has 0 radical (unpaired) electrons. The molecule has 1 atom stereocenters. The van der Waals surface area contributed by atoms with E-state index >= 15 is 0 Å². The van der Waals surface area contributed by atoms with Gasteiger partial charge in [0.2, 0.25) is 0 Å². The van der Waals surface area contributed by atoms with Crippen LogP contribution in [0, 0.1) is 11.7 Å². The molecular formula is C15H21ClFN. The number of hydrogen-bond donors (Lipinski definition) is 1. The van der Waals surface area contributed by atoms with Crippen molar-refractivity contribution in [2.75, 3.05) is 6.54 Å². The van der Waals surface area contributed by atoms with Crippen LogP contribution in [0.5, 0.6) is 0 Å². The smallest absolute Gasteiger partial charge is 0.129 e. The molecule has 0 aliphatic carbocycles. The zero-order valence-corrected chi connectivity index (χ0v) is 11.9. The Balaban J connectivity index is 2.45. The van der Waals surface area contributed by atoms with Crippen LogP contribution in [0.3, 0.4) is 0 Å². The van der Waals surface area contributed by atoms with Gasteiger partial charge >= 0.3 is 0 Å². The second-order valence-electron chi connectivity index (χ2n) is 5.49. The van der Waals surface area contributed by atoms with Gasteiger partial charge in [-0.1, -0.05) is 44.4 Å². The highest BCUT2D eigenvalue weighted by Gasteiger charge is 2.37. The zero-order valence-electron chi connectivity index (χ0n) is 11.1. The molecule has 18 heavy (non-hydrogen) atoms. The molecule has 0 saturated carbocycles. The standard InChI is InChI=1S/C15H21ClFN/c1-11(2)15(8-4-3-5-9-18-15)13-7-6-12(16)10-14(13)17/h6-7,10-11,18H,3-5,8-9H2,1-2H3. The first-order valence-electron chi connectivity index (χ1n) is 6.77. The molecule has 1 saturated heterocycles. The maximum Gasteiger partial charge on any atom is 0.129 e. The average molecular weight is 270 g/mol. The summed E-state index contributed by atoms with van der Waals surface area (Å²) in [6.07, 6.45) is 4.52. The molecule has 0 amide bonds. The van der Waals surface area contributed by atoms with Crippen molar-refractivity contribution in [2.24, 2.45) is 5.92 Å². The van der Waals surface area contributed by atoms with Gasteiger partial charge in [-0.2, -0.15) is 0 Å². The normalized spacial score (nSPS) is 25.2. The second kappa shape index (κ2) is 5.58. The van der Waals surface area contributed by atoms with Crippen LogP contribution in [0.1, 0.15) is 45.1 Å². The van der Waals surface area contributed by atoms with E-state index in [0.29, 0.717) is 10.9 Å². The van der Waals surface area contributed by atoms with Crippen LogP contribution >= 0.6 is 11.6 Å². The molecule has 1 aliphatic heterocycles. The Morgan fingerprint density at radius 3 is 2.72 bits per heavy atom. The lowest BCUT2D eigenvalue weighted by molar-refractivity contribution is 0.223. The summed E-state index contributed by atoms with van der Waals surface area (Å²) in [6.45, 7) is 5.28. The van der Waals surface area contributed by atoms with Gasteiger partial charge in [0, 0.05) is 16.1 Å². The van der Waals surface area contributed by atoms with Crippen LogP contribution in [0.25, 0.3) is 0 Å². The van der Waals surface area contributed by atoms with Crippen molar-refractivity contribution >= 4 is 11.6 Å². The third-order valence-corrected chi connectivity index (χ3v) is 4.32. The van der Waals surface area contributed by atoms with E-state index in [1.165, 1.54) is 18.9 Å². The Morgan fingerprint density at radius 1 is 1.28 bits per heavy atom. The highest BCUT2D eigenvalue weighted by atomic mass is 35.5. The number of halogens is 2. The van der Waals surface area contributed by atoms with Crippen LogP contribution in [-0.4, -0.2) is 6.54 Å². The van der Waals surface area contributed by atoms with Crippen molar-refractivity contribution in [3.8, 4) is 0 Å². The lowest BCUT2D eigenvalue weighted by Crippen LogP contribution is -2.46. The fraction of sp³-hybridized carbons (Fsp3) is 0.600. The van der Waals surface area contributed by atoms with Crippen molar-refractivity contribution in [2.45, 2.75) is 45.1 Å². The highest BCUT2D eigenvalue weighted by molar-refractivity contribution is 6.30. The average Bonchev–Trinajstić information content (AvgIpc) is 2.55. The molecule has 0 spiro atoms. The summed E-state index contributed by atoms with van der Waals surface area (Å²) in [5.74, 6) is 0.164. The Morgan fingerprint density at radius 2 is 2.06 bits per heavy atom. The van der Waals surface area contributed by atoms with Gasteiger partial charge in [0.1, 0.15) is 5.82 Å². The van der Waals surface area contributed by atoms with Crippen molar-refractivity contribution in [1.29, 1.82) is 0 Å². The SMILES string of the molecule is CC(C)C1(c2ccc(Cl)cc2F)CCCCCN1. The second-order valence-corrected chi connectivity index (χ2v) is 5.92. The molecule has 1 aliphatic rings. The van der Waals surface area contributed by atoms with Crippen LogP contribution < -0.4 is 5.32 Å². The Labute approximate surface area is 114 Å². The van der Waals surface area contributed by atoms with E-state index in [0.717, 1.165) is 24.9 Å². The van der Waals surface area contributed by atoms with Crippen LogP contribution in [0.2, 0.25) is 5.02 Å². The van der Waals surface area contributed by atoms with Crippen LogP contribution in [0.15, 0.2) is 18.2 Å². The van der Waals surface area contributed by atoms with Gasteiger partial charge in [-0.3, -0.25) is 0 Å². The summed E-state index contributed by atoms with van der Waals surface area (Å²) in [6, 6.07) is 5.06. The molecule has 1 aromatic rings. The molecule has 1 N–H and O–H groups in total. The van der Waals surface area contributed by atoms with E-state index in [1.807, 2.05) is 6.07 Å². The minimum atomic E-state index is -0.245. The summed E-state index contributed by atoms with van der Waals surface area (Å²) < 4.78 is 14.2. The summed E-state index contributed by atoms with van der Waals surface area (Å²) in [5, 5.41) is 4.05. The Hall–Kier alpha value is -0.600. The van der Waals surface area contributed by atoms with Gasteiger partial charge in [0.25, 0.3) is 0 Å². The highest BCUT2D eigenvalue weighted by Crippen LogP contribution is 2.38. The maximum absolute atomic E-state index is 14.2. The first-order valence-corrected chi connectivity index (χ1v) is 7.14. The van der Waals surface area contributed by atoms with Crippen LogP contribution in [0.4, 0.5) is 4.39 Å². The molecule has 0 bridgehead atoms. The lowest BCUT2D eigenvalue weighted by Gasteiger charge is -2.38. The molecule has 100 valence electrons. The fourth-order valence-electron chi connectivity index (χ4n) is 2.99. The maximum atomic E-state index is 14.2. The minimum Gasteiger partial charge on any atom is -0.307 e. The Bertz CT molecular complexity index is 409. The molecule has 3 heteroatoms. The van der Waals surface area contributed by atoms with Gasteiger partial charge in [0.15, 0.2) is 0 Å². The zero-order chi connectivity index (χ0) is 13.2. The minimum absolute atomic E-state index is 0.189. The number of hydrogen-bond acceptors (Lipinski definition) is 1. The van der Waals surface area contributed by atoms with Crippen molar-refractivity contribution in [1.82, 2.24) is 5.32 Å². The molecular weight excluding hydrogens is 249 g/mol. The third-order valence-electron chi connectivity index (χ3n) is 4.09. The first-order chi connectivity index (χ1) is 8.56. The molecule has 2 rings (SSSR count). The quantitative estimate of drug-likeness (QED) is 0.834. The van der Waals surface area contributed by atoms with Gasteiger partial charge in [-0.15, -0.1) is 0 Å². The van der Waals surface area contributed by atoms with Gasteiger partial charge in [-0.25, -0.2) is 4.39 Å². The van der Waals surface area contributed by atoms with E-state index in [2.05, 4.69) is 19.2 Å². The third kappa shape index (κ3) is 2.55. The molecule has 0 aromatic heterocycles. The van der Waals surface area contributed by atoms with E-state index in [1.54, 1.807) is 6.07 Å². The number of rotatable bonds is 2. The van der Waals surface area contributed by atoms with E-state index in [-0.39, 0.29) is 11.4 Å². The molecule has 1 aromatic carbocycles. The van der Waals surface area contributed by atoms with Crippen molar-refractivity contribution in [3.63, 3.8) is 0 Å². The summed E-state index contributed by atoms with van der Waals surface area (Å²) in [4.78, 5) is 0. The van der Waals surface area contributed by atoms with Crippen LogP contribution in [-0.2, 0) is 5.54 Å². The summed E-state index contributed by atoms with van der Waals surface area (Å²) in [5.41, 5.74) is 0.523. The van der Waals surface area contributed by atoms with Crippen molar-refractivity contribution in [3.05, 3.63) is 34.6 Å². The molecule has 1 heterocycles. The molecule has 1 unspecified atom stereocenters. The van der Waals surface area contributed by atoms with E-state index in [9.17, 15) is 4.39 Å². The lowest BCUT2D eigenvalue weighted by atomic mass is 9.76. The molecule has 1 fully saturated rings. The topological polar surface area (TPSA) is 12.0 Å².